The van der Waals surface area contributed by atoms with Gasteiger partial charge in [-0.3, -0.25) is 4.79 Å². The number of carbonyl (C=O) groups excluding carboxylic acids is 2. The standard InChI is InChI=1S/C14H17FN2O3/c1-4-20-14(19)10(7-9-17(2)3)13(18)12-11(15)6-5-8-16-12/h5-8H,4,9H2,1-3H3/b10-7-. The zero-order valence-electron chi connectivity index (χ0n) is 11.7. The third-order valence-corrected chi connectivity index (χ3v) is 2.37. The average molecular weight is 280 g/mol. The molecule has 0 aromatic carbocycles. The van der Waals surface area contributed by atoms with E-state index in [9.17, 15) is 14.0 Å². The number of esters is 1. The van der Waals surface area contributed by atoms with Crippen LogP contribution in [0.1, 0.15) is 17.4 Å². The van der Waals surface area contributed by atoms with E-state index in [2.05, 4.69) is 4.98 Å². The van der Waals surface area contributed by atoms with E-state index in [1.165, 1.54) is 18.3 Å². The summed E-state index contributed by atoms with van der Waals surface area (Å²) in [6.07, 6.45) is 2.71. The second-order valence-corrected chi connectivity index (χ2v) is 4.26. The summed E-state index contributed by atoms with van der Waals surface area (Å²) in [6.45, 7) is 2.12. The summed E-state index contributed by atoms with van der Waals surface area (Å²) in [5, 5.41) is 0. The highest BCUT2D eigenvalue weighted by Gasteiger charge is 2.24. The van der Waals surface area contributed by atoms with Gasteiger partial charge in [-0.2, -0.15) is 0 Å². The first-order valence-corrected chi connectivity index (χ1v) is 6.14. The van der Waals surface area contributed by atoms with Crippen LogP contribution in [0, 0.1) is 5.82 Å². The zero-order valence-corrected chi connectivity index (χ0v) is 11.7. The minimum Gasteiger partial charge on any atom is -0.462 e. The van der Waals surface area contributed by atoms with E-state index in [1.807, 2.05) is 0 Å². The first kappa shape index (κ1) is 16.0. The van der Waals surface area contributed by atoms with Gasteiger partial charge in [0.2, 0.25) is 5.78 Å². The third kappa shape index (κ3) is 4.24. The Kier molecular flexibility index (Phi) is 5.99. The van der Waals surface area contributed by atoms with Crippen LogP contribution >= 0.6 is 0 Å². The third-order valence-electron chi connectivity index (χ3n) is 2.37. The van der Waals surface area contributed by atoms with Gasteiger partial charge in [0.25, 0.3) is 0 Å². The van der Waals surface area contributed by atoms with Crippen molar-refractivity contribution in [2.45, 2.75) is 6.92 Å². The van der Waals surface area contributed by atoms with Gasteiger partial charge < -0.3 is 9.64 Å². The number of aromatic nitrogens is 1. The maximum atomic E-state index is 13.6. The molecule has 6 heteroatoms. The van der Waals surface area contributed by atoms with Gasteiger partial charge in [-0.05, 0) is 33.2 Å². The van der Waals surface area contributed by atoms with Gasteiger partial charge in [-0.1, -0.05) is 6.08 Å². The van der Waals surface area contributed by atoms with Crippen molar-refractivity contribution in [3.63, 3.8) is 0 Å². The summed E-state index contributed by atoms with van der Waals surface area (Å²) in [7, 11) is 3.57. The van der Waals surface area contributed by atoms with Crippen LogP contribution in [-0.4, -0.2) is 48.9 Å². The molecule has 1 aromatic heterocycles. The lowest BCUT2D eigenvalue weighted by Crippen LogP contribution is -2.21. The molecule has 108 valence electrons. The molecule has 0 N–H and O–H groups in total. The Morgan fingerprint density at radius 2 is 2.15 bits per heavy atom. The van der Waals surface area contributed by atoms with Crippen LogP contribution in [0.5, 0.6) is 0 Å². The van der Waals surface area contributed by atoms with E-state index < -0.39 is 17.6 Å². The number of nitrogens with zero attached hydrogens (tertiary/aromatic N) is 2. The van der Waals surface area contributed by atoms with Gasteiger partial charge in [0, 0.05) is 12.7 Å². The zero-order chi connectivity index (χ0) is 15.1. The molecule has 5 nitrogen and oxygen atoms in total. The van der Waals surface area contributed by atoms with Gasteiger partial charge in [-0.25, -0.2) is 14.2 Å². The topological polar surface area (TPSA) is 59.5 Å². The van der Waals surface area contributed by atoms with E-state index in [1.54, 1.807) is 25.9 Å². The van der Waals surface area contributed by atoms with Crippen molar-refractivity contribution >= 4 is 11.8 Å². The molecule has 0 unspecified atom stereocenters. The van der Waals surface area contributed by atoms with Crippen molar-refractivity contribution in [3.05, 3.63) is 41.5 Å². The molecule has 0 aliphatic heterocycles. The van der Waals surface area contributed by atoms with E-state index in [4.69, 9.17) is 4.74 Å². The molecule has 0 saturated carbocycles. The fraction of sp³-hybridized carbons (Fsp3) is 0.357. The Morgan fingerprint density at radius 3 is 2.70 bits per heavy atom. The number of ether oxygens (including phenoxy) is 1. The number of hydrogen-bond acceptors (Lipinski definition) is 5. The molecule has 0 fully saturated rings. The first-order valence-electron chi connectivity index (χ1n) is 6.14. The van der Waals surface area contributed by atoms with Gasteiger partial charge in [0.05, 0.1) is 6.61 Å². The molecule has 1 rings (SSSR count). The fourth-order valence-electron chi connectivity index (χ4n) is 1.43. The molecule has 0 bridgehead atoms. The largest absolute Gasteiger partial charge is 0.462 e. The van der Waals surface area contributed by atoms with Gasteiger partial charge in [0.15, 0.2) is 5.82 Å². The number of halogens is 1. The van der Waals surface area contributed by atoms with E-state index in [-0.39, 0.29) is 17.9 Å². The van der Waals surface area contributed by atoms with Crippen molar-refractivity contribution in [2.24, 2.45) is 0 Å². The Labute approximate surface area is 117 Å². The van der Waals surface area contributed by atoms with Crippen LogP contribution in [0.4, 0.5) is 4.39 Å². The van der Waals surface area contributed by atoms with E-state index in [0.29, 0.717) is 6.54 Å². The lowest BCUT2D eigenvalue weighted by atomic mass is 10.1. The van der Waals surface area contributed by atoms with Crippen LogP contribution in [0.3, 0.4) is 0 Å². The first-order chi connectivity index (χ1) is 9.47. The van der Waals surface area contributed by atoms with Crippen molar-refractivity contribution in [1.29, 1.82) is 0 Å². The fourth-order valence-corrected chi connectivity index (χ4v) is 1.43. The maximum Gasteiger partial charge on any atom is 0.341 e. The van der Waals surface area contributed by atoms with Crippen molar-refractivity contribution in [3.8, 4) is 0 Å². The predicted octanol–water partition coefficient (Wildman–Crippen LogP) is 1.45. The molecule has 0 radical (unpaired) electrons. The monoisotopic (exact) mass is 280 g/mol. The Balaban J connectivity index is 3.10. The van der Waals surface area contributed by atoms with Crippen molar-refractivity contribution < 1.29 is 18.7 Å². The lowest BCUT2D eigenvalue weighted by molar-refractivity contribution is -0.138. The summed E-state index contributed by atoms with van der Waals surface area (Å²) in [5.74, 6) is -2.31. The molecule has 0 atom stereocenters. The normalized spacial score (nSPS) is 11.6. The number of hydrogen-bond donors (Lipinski definition) is 0. The number of rotatable bonds is 6. The number of Topliss-reactive ketones (excluding diaryl/α,β-unsaturated/α-hetero) is 1. The molecular formula is C14H17FN2O3. The highest BCUT2D eigenvalue weighted by molar-refractivity contribution is 6.23. The van der Waals surface area contributed by atoms with Gasteiger partial charge in [0.1, 0.15) is 11.3 Å². The smallest absolute Gasteiger partial charge is 0.341 e. The minimum atomic E-state index is -0.775. The van der Waals surface area contributed by atoms with Crippen LogP contribution in [0.2, 0.25) is 0 Å². The molecule has 0 amide bonds. The summed E-state index contributed by atoms with van der Waals surface area (Å²) >= 11 is 0. The van der Waals surface area contributed by atoms with Gasteiger partial charge in [-0.15, -0.1) is 0 Å². The highest BCUT2D eigenvalue weighted by Crippen LogP contribution is 2.11. The minimum absolute atomic E-state index is 0.135. The van der Waals surface area contributed by atoms with Crippen LogP contribution in [-0.2, 0) is 9.53 Å². The lowest BCUT2D eigenvalue weighted by Gasteiger charge is -2.09. The predicted molar refractivity (Wildman–Crippen MR) is 71.8 cm³/mol. The maximum absolute atomic E-state index is 13.6. The second-order valence-electron chi connectivity index (χ2n) is 4.26. The van der Waals surface area contributed by atoms with Crippen LogP contribution in [0.25, 0.3) is 0 Å². The van der Waals surface area contributed by atoms with Gasteiger partial charge >= 0.3 is 5.97 Å². The van der Waals surface area contributed by atoms with E-state index in [0.717, 1.165) is 6.07 Å². The SMILES string of the molecule is CCOC(=O)/C(=C\CN(C)C)C(=O)c1ncccc1F. The molecule has 20 heavy (non-hydrogen) atoms. The average Bonchev–Trinajstić information content (AvgIpc) is 2.39. The number of likely N-dealkylation sites (N-methyl/N-ethyl adjacent to an activating group) is 1. The van der Waals surface area contributed by atoms with Crippen LogP contribution < -0.4 is 0 Å². The molecule has 1 aromatic rings. The van der Waals surface area contributed by atoms with Crippen molar-refractivity contribution in [1.82, 2.24) is 9.88 Å². The highest BCUT2D eigenvalue weighted by atomic mass is 19.1. The number of pyridine rings is 1. The summed E-state index contributed by atoms with van der Waals surface area (Å²) in [6, 6.07) is 2.49. The van der Waals surface area contributed by atoms with Crippen molar-refractivity contribution in [2.75, 3.05) is 27.2 Å². The second kappa shape index (κ2) is 7.49. The summed E-state index contributed by atoms with van der Waals surface area (Å²) in [4.78, 5) is 29.5. The Morgan fingerprint density at radius 1 is 1.45 bits per heavy atom. The molecule has 0 saturated heterocycles. The molecular weight excluding hydrogens is 263 g/mol. The summed E-state index contributed by atoms with van der Waals surface area (Å²) < 4.78 is 18.4. The Hall–Kier alpha value is -2.08. The Bertz CT molecular complexity index is 527. The molecule has 0 spiro atoms. The van der Waals surface area contributed by atoms with Crippen LogP contribution in [0.15, 0.2) is 30.0 Å². The number of carbonyl (C=O) groups is 2. The molecule has 0 aliphatic rings. The number of ketones is 1. The van der Waals surface area contributed by atoms with E-state index >= 15 is 0 Å². The quantitative estimate of drug-likeness (QED) is 0.259. The summed E-state index contributed by atoms with van der Waals surface area (Å²) in [5.41, 5.74) is -0.594. The molecule has 0 aliphatic carbocycles. The molecule has 1 heterocycles.